The first-order chi connectivity index (χ1) is 8.60. The standard InChI is InChI=1S/C13H16N4O/c1-9-5-10(2)17(13(18)16-9)8-11-3-4-15-12(6-11)7-14/h3-6H,7-8,14H2,1-2H3. The van der Waals surface area contributed by atoms with Gasteiger partial charge in [-0.1, -0.05) is 0 Å². The van der Waals surface area contributed by atoms with Gasteiger partial charge in [-0.25, -0.2) is 4.79 Å². The molecule has 0 saturated carbocycles. The van der Waals surface area contributed by atoms with Crippen LogP contribution in [0.15, 0.2) is 29.2 Å². The Morgan fingerprint density at radius 2 is 2.11 bits per heavy atom. The van der Waals surface area contributed by atoms with Gasteiger partial charge in [-0.15, -0.1) is 0 Å². The van der Waals surface area contributed by atoms with Gasteiger partial charge in [0.15, 0.2) is 0 Å². The first-order valence-corrected chi connectivity index (χ1v) is 5.79. The lowest BCUT2D eigenvalue weighted by Crippen LogP contribution is -2.26. The summed E-state index contributed by atoms with van der Waals surface area (Å²) in [6.45, 7) is 4.61. The zero-order valence-corrected chi connectivity index (χ0v) is 10.6. The van der Waals surface area contributed by atoms with Crippen LogP contribution < -0.4 is 11.4 Å². The van der Waals surface area contributed by atoms with Crippen molar-refractivity contribution in [2.24, 2.45) is 5.73 Å². The van der Waals surface area contributed by atoms with Crippen molar-refractivity contribution >= 4 is 0 Å². The molecule has 2 heterocycles. The molecular formula is C13H16N4O. The zero-order valence-electron chi connectivity index (χ0n) is 10.6. The first kappa shape index (κ1) is 12.4. The van der Waals surface area contributed by atoms with Gasteiger partial charge in [0.25, 0.3) is 0 Å². The minimum absolute atomic E-state index is 0.224. The van der Waals surface area contributed by atoms with Gasteiger partial charge >= 0.3 is 5.69 Å². The van der Waals surface area contributed by atoms with Crippen LogP contribution in [0.2, 0.25) is 0 Å². The third-order valence-electron chi connectivity index (χ3n) is 2.78. The molecule has 0 radical (unpaired) electrons. The van der Waals surface area contributed by atoms with E-state index in [4.69, 9.17) is 5.73 Å². The number of nitrogens with two attached hydrogens (primary N) is 1. The fraction of sp³-hybridized carbons (Fsp3) is 0.308. The van der Waals surface area contributed by atoms with Crippen LogP contribution in [0.3, 0.4) is 0 Å². The minimum Gasteiger partial charge on any atom is -0.325 e. The zero-order chi connectivity index (χ0) is 13.1. The van der Waals surface area contributed by atoms with Gasteiger partial charge in [-0.3, -0.25) is 9.55 Å². The highest BCUT2D eigenvalue weighted by molar-refractivity contribution is 5.18. The first-order valence-electron chi connectivity index (χ1n) is 5.79. The van der Waals surface area contributed by atoms with Crippen LogP contribution in [-0.2, 0) is 13.1 Å². The summed E-state index contributed by atoms with van der Waals surface area (Å²) >= 11 is 0. The highest BCUT2D eigenvalue weighted by Crippen LogP contribution is 2.05. The van der Waals surface area contributed by atoms with Gasteiger partial charge in [0.05, 0.1) is 12.2 Å². The van der Waals surface area contributed by atoms with Gasteiger partial charge in [0.2, 0.25) is 0 Å². The average molecular weight is 244 g/mol. The number of aryl methyl sites for hydroxylation is 2. The molecule has 94 valence electrons. The molecule has 0 saturated heterocycles. The van der Waals surface area contributed by atoms with E-state index in [2.05, 4.69) is 9.97 Å². The van der Waals surface area contributed by atoms with E-state index in [1.807, 2.05) is 32.0 Å². The molecule has 2 rings (SSSR count). The molecule has 0 fully saturated rings. The Morgan fingerprint density at radius 1 is 1.33 bits per heavy atom. The van der Waals surface area contributed by atoms with Crippen LogP contribution in [0.5, 0.6) is 0 Å². The Labute approximate surface area is 105 Å². The molecule has 0 aliphatic heterocycles. The predicted molar refractivity (Wildman–Crippen MR) is 69.2 cm³/mol. The molecule has 5 nitrogen and oxygen atoms in total. The lowest BCUT2D eigenvalue weighted by atomic mass is 10.2. The fourth-order valence-electron chi connectivity index (χ4n) is 1.89. The maximum atomic E-state index is 11.8. The molecular weight excluding hydrogens is 228 g/mol. The molecule has 18 heavy (non-hydrogen) atoms. The Bertz CT molecular complexity index is 619. The van der Waals surface area contributed by atoms with Gasteiger partial charge < -0.3 is 5.73 Å². The van der Waals surface area contributed by atoms with Crippen molar-refractivity contribution < 1.29 is 0 Å². The molecule has 0 atom stereocenters. The van der Waals surface area contributed by atoms with Crippen LogP contribution in [0.1, 0.15) is 22.6 Å². The summed E-state index contributed by atoms with van der Waals surface area (Å²) in [5.41, 5.74) is 8.79. The SMILES string of the molecule is Cc1cc(C)n(Cc2ccnc(CN)c2)c(=O)n1. The Balaban J connectivity index is 2.37. The lowest BCUT2D eigenvalue weighted by molar-refractivity contribution is 0.692. The third kappa shape index (κ3) is 2.62. The number of hydrogen-bond acceptors (Lipinski definition) is 4. The van der Waals surface area contributed by atoms with Crippen LogP contribution in [0, 0.1) is 13.8 Å². The molecule has 5 heteroatoms. The molecule has 0 aromatic carbocycles. The van der Waals surface area contributed by atoms with E-state index in [-0.39, 0.29) is 5.69 Å². The predicted octanol–water partition coefficient (Wildman–Crippen LogP) is 0.762. The Hall–Kier alpha value is -2.01. The summed E-state index contributed by atoms with van der Waals surface area (Å²) in [6.07, 6.45) is 1.71. The second kappa shape index (κ2) is 5.10. The Kier molecular flexibility index (Phi) is 3.53. The number of pyridine rings is 1. The molecule has 0 aliphatic rings. The van der Waals surface area contributed by atoms with Gasteiger partial charge in [0, 0.05) is 24.1 Å². The molecule has 0 unspecified atom stereocenters. The number of hydrogen-bond donors (Lipinski definition) is 1. The highest BCUT2D eigenvalue weighted by atomic mass is 16.1. The molecule has 0 amide bonds. The summed E-state index contributed by atoms with van der Waals surface area (Å²) in [4.78, 5) is 19.9. The summed E-state index contributed by atoms with van der Waals surface area (Å²) in [5.74, 6) is 0. The van der Waals surface area contributed by atoms with E-state index < -0.39 is 0 Å². The number of nitrogens with zero attached hydrogens (tertiary/aromatic N) is 3. The van der Waals surface area contributed by atoms with Crippen molar-refractivity contribution in [1.29, 1.82) is 0 Å². The fourth-order valence-corrected chi connectivity index (χ4v) is 1.89. The van der Waals surface area contributed by atoms with E-state index in [9.17, 15) is 4.79 Å². The van der Waals surface area contributed by atoms with Crippen LogP contribution >= 0.6 is 0 Å². The second-order valence-corrected chi connectivity index (χ2v) is 4.27. The van der Waals surface area contributed by atoms with Gasteiger partial charge in [-0.05, 0) is 37.6 Å². The van der Waals surface area contributed by atoms with Crippen molar-refractivity contribution in [2.45, 2.75) is 26.9 Å². The smallest absolute Gasteiger partial charge is 0.325 e. The van der Waals surface area contributed by atoms with Crippen LogP contribution in [0.25, 0.3) is 0 Å². The molecule has 2 N–H and O–H groups in total. The van der Waals surface area contributed by atoms with Gasteiger partial charge in [0.1, 0.15) is 0 Å². The van der Waals surface area contributed by atoms with Crippen molar-refractivity contribution in [3.05, 3.63) is 57.5 Å². The minimum atomic E-state index is -0.224. The molecule has 0 bridgehead atoms. The summed E-state index contributed by atoms with van der Waals surface area (Å²) in [5, 5.41) is 0. The largest absolute Gasteiger partial charge is 0.348 e. The monoisotopic (exact) mass is 244 g/mol. The summed E-state index contributed by atoms with van der Waals surface area (Å²) in [7, 11) is 0. The molecule has 0 spiro atoms. The van der Waals surface area contributed by atoms with E-state index in [1.165, 1.54) is 0 Å². The van der Waals surface area contributed by atoms with Gasteiger partial charge in [-0.2, -0.15) is 4.98 Å². The van der Waals surface area contributed by atoms with E-state index >= 15 is 0 Å². The molecule has 2 aromatic heterocycles. The van der Waals surface area contributed by atoms with Crippen molar-refractivity contribution in [2.75, 3.05) is 0 Å². The maximum absolute atomic E-state index is 11.8. The van der Waals surface area contributed by atoms with Crippen molar-refractivity contribution in [3.63, 3.8) is 0 Å². The van der Waals surface area contributed by atoms with E-state index in [0.717, 1.165) is 22.6 Å². The summed E-state index contributed by atoms with van der Waals surface area (Å²) < 4.78 is 1.64. The van der Waals surface area contributed by atoms with Crippen molar-refractivity contribution in [3.8, 4) is 0 Å². The van der Waals surface area contributed by atoms with E-state index in [0.29, 0.717) is 13.1 Å². The number of aromatic nitrogens is 3. The lowest BCUT2D eigenvalue weighted by Gasteiger charge is -2.10. The maximum Gasteiger partial charge on any atom is 0.348 e. The Morgan fingerprint density at radius 3 is 2.78 bits per heavy atom. The average Bonchev–Trinajstić information content (AvgIpc) is 2.34. The number of rotatable bonds is 3. The topological polar surface area (TPSA) is 73.8 Å². The van der Waals surface area contributed by atoms with E-state index in [1.54, 1.807) is 10.8 Å². The second-order valence-electron chi connectivity index (χ2n) is 4.27. The quantitative estimate of drug-likeness (QED) is 0.865. The third-order valence-corrected chi connectivity index (χ3v) is 2.78. The highest BCUT2D eigenvalue weighted by Gasteiger charge is 2.04. The normalized spacial score (nSPS) is 10.6. The summed E-state index contributed by atoms with van der Waals surface area (Å²) in [6, 6.07) is 5.68. The van der Waals surface area contributed by atoms with Crippen molar-refractivity contribution in [1.82, 2.24) is 14.5 Å². The van der Waals surface area contributed by atoms with Crippen LogP contribution in [-0.4, -0.2) is 14.5 Å². The molecule has 0 aliphatic carbocycles. The molecule has 2 aromatic rings. The van der Waals surface area contributed by atoms with Crippen LogP contribution in [0.4, 0.5) is 0 Å².